The molecular formula is C22H19F2NO3S. The van der Waals surface area contributed by atoms with E-state index in [0.717, 1.165) is 34.6 Å². The minimum absolute atomic E-state index is 0.293. The third kappa shape index (κ3) is 4.68. The summed E-state index contributed by atoms with van der Waals surface area (Å²) >= 11 is 1.17. The minimum Gasteiger partial charge on any atom is -0.462 e. The molecule has 1 aromatic heterocycles. The van der Waals surface area contributed by atoms with Crippen LogP contribution in [0.25, 0.3) is 10.4 Å². The highest BCUT2D eigenvalue weighted by Gasteiger charge is 2.17. The number of para-hydroxylation sites is 1. The Balaban J connectivity index is 1.84. The lowest BCUT2D eigenvalue weighted by atomic mass is 10.0. The van der Waals surface area contributed by atoms with Gasteiger partial charge in [-0.2, -0.15) is 0 Å². The number of amides is 1. The van der Waals surface area contributed by atoms with Crippen LogP contribution < -0.4 is 5.32 Å². The van der Waals surface area contributed by atoms with Crippen molar-refractivity contribution in [3.8, 4) is 10.4 Å². The number of halogens is 2. The molecule has 7 heteroatoms. The van der Waals surface area contributed by atoms with Gasteiger partial charge in [-0.1, -0.05) is 19.1 Å². The summed E-state index contributed by atoms with van der Waals surface area (Å²) in [6.07, 6.45) is 0.733. The van der Waals surface area contributed by atoms with Crippen LogP contribution in [0.2, 0.25) is 0 Å². The van der Waals surface area contributed by atoms with Gasteiger partial charge >= 0.3 is 5.97 Å². The fourth-order valence-corrected chi connectivity index (χ4v) is 3.67. The first-order valence-corrected chi connectivity index (χ1v) is 9.85. The lowest BCUT2D eigenvalue weighted by molar-refractivity contribution is 0.0505. The molecule has 0 aliphatic rings. The Morgan fingerprint density at radius 2 is 1.79 bits per heavy atom. The van der Waals surface area contributed by atoms with E-state index in [9.17, 15) is 18.4 Å². The molecule has 0 spiro atoms. The maximum absolute atomic E-state index is 13.8. The van der Waals surface area contributed by atoms with Crippen molar-refractivity contribution in [2.45, 2.75) is 20.3 Å². The molecule has 1 amide bonds. The van der Waals surface area contributed by atoms with Gasteiger partial charge < -0.3 is 10.1 Å². The molecule has 0 bridgehead atoms. The summed E-state index contributed by atoms with van der Waals surface area (Å²) < 4.78 is 32.7. The van der Waals surface area contributed by atoms with E-state index < -0.39 is 29.2 Å². The van der Waals surface area contributed by atoms with Gasteiger partial charge in [-0.3, -0.25) is 4.79 Å². The summed E-state index contributed by atoms with van der Waals surface area (Å²) in [7, 11) is 0. The molecule has 150 valence electrons. The molecule has 0 atom stereocenters. The summed E-state index contributed by atoms with van der Waals surface area (Å²) in [5.74, 6) is -2.70. The van der Waals surface area contributed by atoms with Gasteiger partial charge in [0.05, 0.1) is 17.0 Å². The third-order valence-corrected chi connectivity index (χ3v) is 5.32. The number of carbonyl (C=O) groups excluding carboxylic acids is 2. The molecule has 1 N–H and O–H groups in total. The molecule has 29 heavy (non-hydrogen) atoms. The van der Waals surface area contributed by atoms with Crippen molar-refractivity contribution in [2.24, 2.45) is 0 Å². The molecule has 3 aromatic rings. The van der Waals surface area contributed by atoms with Crippen molar-refractivity contribution < 1.29 is 23.1 Å². The summed E-state index contributed by atoms with van der Waals surface area (Å²) in [4.78, 5) is 25.6. The number of benzene rings is 2. The van der Waals surface area contributed by atoms with Gasteiger partial charge in [-0.15, -0.1) is 11.3 Å². The number of esters is 1. The number of aryl methyl sites for hydroxylation is 1. The molecule has 0 aliphatic heterocycles. The zero-order valence-electron chi connectivity index (χ0n) is 15.9. The normalized spacial score (nSPS) is 10.6. The van der Waals surface area contributed by atoms with Gasteiger partial charge in [-0.25, -0.2) is 13.6 Å². The molecule has 4 nitrogen and oxygen atoms in total. The van der Waals surface area contributed by atoms with Gasteiger partial charge in [0, 0.05) is 4.88 Å². The Labute approximate surface area is 171 Å². The second-order valence-electron chi connectivity index (χ2n) is 6.38. The molecule has 1 heterocycles. The lowest BCUT2D eigenvalue weighted by Gasteiger charge is -2.08. The van der Waals surface area contributed by atoms with E-state index in [0.29, 0.717) is 17.0 Å². The maximum Gasteiger partial charge on any atom is 0.338 e. The van der Waals surface area contributed by atoms with Crippen LogP contribution in [0.5, 0.6) is 0 Å². The Hall–Kier alpha value is -3.06. The third-order valence-electron chi connectivity index (χ3n) is 4.21. The number of ether oxygens (including phenoxy) is 1. The second kappa shape index (κ2) is 8.96. The predicted octanol–water partition coefficient (Wildman–Crippen LogP) is 5.82. The van der Waals surface area contributed by atoms with Gasteiger partial charge in [0.25, 0.3) is 5.91 Å². The van der Waals surface area contributed by atoms with Crippen LogP contribution >= 0.6 is 11.3 Å². The fourth-order valence-electron chi connectivity index (χ4n) is 2.69. The van der Waals surface area contributed by atoms with Crippen LogP contribution in [0.3, 0.4) is 0 Å². The molecule has 0 saturated heterocycles. The Morgan fingerprint density at radius 1 is 1.07 bits per heavy atom. The largest absolute Gasteiger partial charge is 0.462 e. The van der Waals surface area contributed by atoms with Crippen molar-refractivity contribution in [3.05, 3.63) is 76.2 Å². The summed E-state index contributed by atoms with van der Waals surface area (Å²) in [5, 5.41) is 2.27. The first-order chi connectivity index (χ1) is 13.9. The number of nitrogens with one attached hydrogen (secondary N) is 1. The zero-order chi connectivity index (χ0) is 21.0. The molecule has 0 saturated carbocycles. The summed E-state index contributed by atoms with van der Waals surface area (Å²) in [6, 6.07) is 11.9. The van der Waals surface area contributed by atoms with Crippen molar-refractivity contribution >= 4 is 28.9 Å². The first-order valence-electron chi connectivity index (χ1n) is 9.04. The minimum atomic E-state index is -0.843. The monoisotopic (exact) mass is 415 g/mol. The highest BCUT2D eigenvalue weighted by Crippen LogP contribution is 2.32. The topological polar surface area (TPSA) is 55.4 Å². The number of rotatable bonds is 6. The van der Waals surface area contributed by atoms with E-state index in [1.807, 2.05) is 19.9 Å². The van der Waals surface area contributed by atoms with Crippen molar-refractivity contribution in [1.29, 1.82) is 0 Å². The van der Waals surface area contributed by atoms with Crippen molar-refractivity contribution in [2.75, 3.05) is 11.9 Å². The molecular weight excluding hydrogens is 396 g/mol. The van der Waals surface area contributed by atoms with E-state index in [-0.39, 0.29) is 0 Å². The molecule has 0 radical (unpaired) electrons. The number of carbonyl (C=O) groups is 2. The molecule has 0 aliphatic carbocycles. The Morgan fingerprint density at radius 3 is 2.48 bits per heavy atom. The number of thiophene rings is 1. The number of hydrogen-bond acceptors (Lipinski definition) is 4. The van der Waals surface area contributed by atoms with Crippen LogP contribution in [0.15, 0.2) is 48.5 Å². The van der Waals surface area contributed by atoms with Crippen LogP contribution in [0.1, 0.15) is 38.9 Å². The lowest BCUT2D eigenvalue weighted by Crippen LogP contribution is -2.12. The van der Waals surface area contributed by atoms with Gasteiger partial charge in [0.15, 0.2) is 0 Å². The summed E-state index contributed by atoms with van der Waals surface area (Å²) in [5.41, 5.74) is 1.65. The highest BCUT2D eigenvalue weighted by atomic mass is 32.1. The second-order valence-corrected chi connectivity index (χ2v) is 7.46. The average molecular weight is 415 g/mol. The first kappa shape index (κ1) is 20.7. The van der Waals surface area contributed by atoms with E-state index >= 15 is 0 Å². The van der Waals surface area contributed by atoms with Crippen molar-refractivity contribution in [3.63, 3.8) is 0 Å². The van der Waals surface area contributed by atoms with Gasteiger partial charge in [0.1, 0.15) is 17.3 Å². The molecule has 0 fully saturated rings. The van der Waals surface area contributed by atoms with Gasteiger partial charge in [0.2, 0.25) is 0 Å². The maximum atomic E-state index is 13.8. The van der Waals surface area contributed by atoms with Gasteiger partial charge in [-0.05, 0) is 60.9 Å². The summed E-state index contributed by atoms with van der Waals surface area (Å²) in [6.45, 7) is 4.15. The van der Waals surface area contributed by atoms with Crippen molar-refractivity contribution in [1.82, 2.24) is 0 Å². The predicted molar refractivity (Wildman–Crippen MR) is 109 cm³/mol. The molecule has 3 rings (SSSR count). The van der Waals surface area contributed by atoms with Crippen LogP contribution in [0, 0.1) is 18.6 Å². The number of anilines is 1. The zero-order valence-corrected chi connectivity index (χ0v) is 16.7. The van der Waals surface area contributed by atoms with E-state index in [1.54, 1.807) is 24.3 Å². The Bertz CT molecular complexity index is 1040. The van der Waals surface area contributed by atoms with E-state index in [2.05, 4.69) is 5.32 Å². The quantitative estimate of drug-likeness (QED) is 0.516. The fraction of sp³-hybridized carbons (Fsp3) is 0.182. The average Bonchev–Trinajstić information content (AvgIpc) is 3.19. The smallest absolute Gasteiger partial charge is 0.338 e. The van der Waals surface area contributed by atoms with E-state index in [4.69, 9.17) is 4.74 Å². The van der Waals surface area contributed by atoms with E-state index in [1.165, 1.54) is 17.4 Å². The number of hydrogen-bond donors (Lipinski definition) is 1. The standard InChI is InChI=1S/C22H19F2NO3S/c1-3-11-28-22(27)14-8-7-13(2)15(12-14)18-9-10-19(29-18)21(26)25-20-16(23)5-4-6-17(20)24/h4-10,12H,3,11H2,1-2H3,(H,25,26). The SMILES string of the molecule is CCCOC(=O)c1ccc(C)c(-c2ccc(C(=O)Nc3c(F)cccc3F)s2)c1. The molecule has 0 unspecified atom stereocenters. The van der Waals surface area contributed by atoms with Crippen LogP contribution in [-0.4, -0.2) is 18.5 Å². The Kier molecular flexibility index (Phi) is 6.39. The molecule has 2 aromatic carbocycles. The van der Waals surface area contributed by atoms with Crippen LogP contribution in [-0.2, 0) is 4.74 Å². The highest BCUT2D eigenvalue weighted by molar-refractivity contribution is 7.17. The van der Waals surface area contributed by atoms with Crippen LogP contribution in [0.4, 0.5) is 14.5 Å².